The number of rotatable bonds is 5. The number of esters is 1. The number of hydrogen-bond acceptors (Lipinski definition) is 3. The van der Waals surface area contributed by atoms with Gasteiger partial charge in [0.1, 0.15) is 5.82 Å². The Hall–Kier alpha value is -1.91. The van der Waals surface area contributed by atoms with Gasteiger partial charge >= 0.3 is 5.97 Å². The second-order valence-corrected chi connectivity index (χ2v) is 6.08. The van der Waals surface area contributed by atoms with Gasteiger partial charge in [0.2, 0.25) is 0 Å². The van der Waals surface area contributed by atoms with Gasteiger partial charge in [-0.3, -0.25) is 4.79 Å². The first-order valence-corrected chi connectivity index (χ1v) is 8.13. The molecule has 0 aromatic heterocycles. The maximum atomic E-state index is 14.6. The van der Waals surface area contributed by atoms with Gasteiger partial charge in [-0.25, -0.2) is 4.39 Å². The fraction of sp³-hybridized carbons (Fsp3) is 0.350. The molecule has 0 amide bonds. The summed E-state index contributed by atoms with van der Waals surface area (Å²) in [4.78, 5) is 11.7. The van der Waals surface area contributed by atoms with Crippen molar-refractivity contribution in [3.63, 3.8) is 0 Å². The van der Waals surface area contributed by atoms with Crippen LogP contribution in [0.15, 0.2) is 30.3 Å². The maximum absolute atomic E-state index is 14.6. The molecule has 0 aliphatic carbocycles. The van der Waals surface area contributed by atoms with Crippen LogP contribution in [0.1, 0.15) is 41.6 Å². The molecule has 2 aromatic rings. The molecule has 5 heteroatoms. The minimum Gasteiger partial charge on any atom is -0.466 e. The molecule has 3 nitrogen and oxygen atoms in total. The van der Waals surface area contributed by atoms with E-state index in [-0.39, 0.29) is 31.3 Å². The summed E-state index contributed by atoms with van der Waals surface area (Å²) in [6.45, 7) is 7.79. The zero-order valence-electron chi connectivity index (χ0n) is 15.1. The summed E-state index contributed by atoms with van der Waals surface area (Å²) in [6, 6.07) is 8.90. The first-order valence-electron chi connectivity index (χ1n) is 8.13. The standard InChI is InChI=1S/C20H24FNO2.ClH/c1-5-24-18(23)11-17(22)16-10-15(9-14(4)20(16)21)19-12(2)7-6-8-13(19)3;/h6-10,17H,5,11,22H2,1-4H3;1H/t17-;/m0./s1. The van der Waals surface area contributed by atoms with E-state index in [0.29, 0.717) is 11.1 Å². The van der Waals surface area contributed by atoms with Crippen molar-refractivity contribution in [1.82, 2.24) is 0 Å². The molecule has 0 heterocycles. The third-order valence-corrected chi connectivity index (χ3v) is 4.14. The lowest BCUT2D eigenvalue weighted by atomic mass is 9.91. The molecule has 0 saturated heterocycles. The Morgan fingerprint density at radius 3 is 2.32 bits per heavy atom. The molecule has 25 heavy (non-hydrogen) atoms. The number of nitrogens with two attached hydrogens (primary N) is 1. The number of carbonyl (C=O) groups is 1. The monoisotopic (exact) mass is 365 g/mol. The Morgan fingerprint density at radius 2 is 1.76 bits per heavy atom. The minimum absolute atomic E-state index is 0. The van der Waals surface area contributed by atoms with Crippen LogP contribution in [0, 0.1) is 26.6 Å². The van der Waals surface area contributed by atoms with Crippen LogP contribution in [-0.4, -0.2) is 12.6 Å². The van der Waals surface area contributed by atoms with E-state index in [2.05, 4.69) is 0 Å². The van der Waals surface area contributed by atoms with E-state index >= 15 is 0 Å². The summed E-state index contributed by atoms with van der Waals surface area (Å²) in [7, 11) is 0. The molecule has 0 fully saturated rings. The molecule has 1 atom stereocenters. The van der Waals surface area contributed by atoms with Crippen molar-refractivity contribution in [2.45, 2.75) is 40.2 Å². The molecule has 136 valence electrons. The molecular formula is C20H25ClFNO2. The Kier molecular flexibility index (Phi) is 7.59. The minimum atomic E-state index is -0.730. The van der Waals surface area contributed by atoms with Gasteiger partial charge in [-0.05, 0) is 67.6 Å². The van der Waals surface area contributed by atoms with Crippen LogP contribution in [0.4, 0.5) is 4.39 Å². The maximum Gasteiger partial charge on any atom is 0.307 e. The van der Waals surface area contributed by atoms with E-state index in [1.807, 2.05) is 38.1 Å². The highest BCUT2D eigenvalue weighted by Crippen LogP contribution is 2.32. The summed E-state index contributed by atoms with van der Waals surface area (Å²) in [5, 5.41) is 0. The van der Waals surface area contributed by atoms with Gasteiger partial charge in [-0.1, -0.05) is 18.2 Å². The molecule has 0 radical (unpaired) electrons. The van der Waals surface area contributed by atoms with Crippen LogP contribution in [0.2, 0.25) is 0 Å². The van der Waals surface area contributed by atoms with Gasteiger partial charge < -0.3 is 10.5 Å². The molecule has 2 aromatic carbocycles. The molecular weight excluding hydrogens is 341 g/mol. The van der Waals surface area contributed by atoms with E-state index in [4.69, 9.17) is 10.5 Å². The van der Waals surface area contributed by atoms with Crippen LogP contribution in [-0.2, 0) is 9.53 Å². The van der Waals surface area contributed by atoms with Crippen molar-refractivity contribution < 1.29 is 13.9 Å². The Labute approximate surface area is 154 Å². The normalized spacial score (nSPS) is 11.6. The number of ether oxygens (including phenoxy) is 1. The predicted octanol–water partition coefficient (Wildman–Crippen LogP) is 4.79. The van der Waals surface area contributed by atoms with Crippen molar-refractivity contribution in [2.24, 2.45) is 5.73 Å². The first-order chi connectivity index (χ1) is 11.3. The number of halogens is 2. The third kappa shape index (κ3) is 4.80. The molecule has 0 spiro atoms. The highest BCUT2D eigenvalue weighted by Gasteiger charge is 2.19. The Morgan fingerprint density at radius 1 is 1.16 bits per heavy atom. The van der Waals surface area contributed by atoms with Crippen LogP contribution in [0.3, 0.4) is 0 Å². The summed E-state index contributed by atoms with van der Waals surface area (Å²) in [5.74, 6) is -0.777. The lowest BCUT2D eigenvalue weighted by Gasteiger charge is -2.17. The molecule has 0 unspecified atom stereocenters. The lowest BCUT2D eigenvalue weighted by Crippen LogP contribution is -2.19. The van der Waals surface area contributed by atoms with Crippen molar-refractivity contribution in [3.8, 4) is 11.1 Å². The average Bonchev–Trinajstić information content (AvgIpc) is 2.50. The second kappa shape index (κ2) is 8.97. The van der Waals surface area contributed by atoms with E-state index in [1.165, 1.54) is 0 Å². The highest BCUT2D eigenvalue weighted by atomic mass is 35.5. The van der Waals surface area contributed by atoms with Crippen molar-refractivity contribution in [2.75, 3.05) is 6.61 Å². The van der Waals surface area contributed by atoms with Gasteiger partial charge in [0.05, 0.1) is 13.0 Å². The molecule has 2 rings (SSSR count). The van der Waals surface area contributed by atoms with Gasteiger partial charge in [-0.15, -0.1) is 12.4 Å². The summed E-state index contributed by atoms with van der Waals surface area (Å²) >= 11 is 0. The van der Waals surface area contributed by atoms with E-state index in [9.17, 15) is 9.18 Å². The number of aryl methyl sites for hydroxylation is 3. The topological polar surface area (TPSA) is 52.3 Å². The van der Waals surface area contributed by atoms with E-state index in [1.54, 1.807) is 19.9 Å². The second-order valence-electron chi connectivity index (χ2n) is 6.08. The SMILES string of the molecule is CCOC(=O)C[C@H](N)c1cc(-c2c(C)cccc2C)cc(C)c1F.Cl. The van der Waals surface area contributed by atoms with Crippen LogP contribution in [0.25, 0.3) is 11.1 Å². The van der Waals surface area contributed by atoms with Crippen molar-refractivity contribution in [3.05, 3.63) is 58.4 Å². The zero-order chi connectivity index (χ0) is 17.9. The van der Waals surface area contributed by atoms with E-state index < -0.39 is 12.0 Å². The molecule has 2 N–H and O–H groups in total. The summed E-state index contributed by atoms with van der Waals surface area (Å²) in [6.07, 6.45) is -0.0413. The van der Waals surface area contributed by atoms with Gasteiger partial charge in [0.15, 0.2) is 0 Å². The van der Waals surface area contributed by atoms with Gasteiger partial charge in [0.25, 0.3) is 0 Å². The zero-order valence-corrected chi connectivity index (χ0v) is 15.9. The fourth-order valence-corrected chi connectivity index (χ4v) is 2.99. The van der Waals surface area contributed by atoms with Crippen molar-refractivity contribution in [1.29, 1.82) is 0 Å². The van der Waals surface area contributed by atoms with Crippen molar-refractivity contribution >= 4 is 18.4 Å². The van der Waals surface area contributed by atoms with Crippen LogP contribution in [0.5, 0.6) is 0 Å². The number of hydrogen-bond donors (Lipinski definition) is 1. The number of benzene rings is 2. The van der Waals surface area contributed by atoms with Gasteiger partial charge in [0, 0.05) is 11.6 Å². The fourth-order valence-electron chi connectivity index (χ4n) is 2.99. The molecule has 0 saturated carbocycles. The highest BCUT2D eigenvalue weighted by molar-refractivity contribution is 5.85. The van der Waals surface area contributed by atoms with E-state index in [0.717, 1.165) is 22.3 Å². The Balaban J connectivity index is 0.00000312. The van der Waals surface area contributed by atoms with Crippen LogP contribution >= 0.6 is 12.4 Å². The smallest absolute Gasteiger partial charge is 0.307 e. The molecule has 0 aliphatic heterocycles. The predicted molar refractivity (Wildman–Crippen MR) is 101 cm³/mol. The first kappa shape index (κ1) is 21.1. The molecule has 0 bridgehead atoms. The molecule has 0 aliphatic rings. The van der Waals surface area contributed by atoms with Gasteiger partial charge in [-0.2, -0.15) is 0 Å². The average molecular weight is 366 g/mol. The summed E-state index contributed by atoms with van der Waals surface area (Å²) < 4.78 is 19.5. The largest absolute Gasteiger partial charge is 0.466 e. The summed E-state index contributed by atoms with van der Waals surface area (Å²) in [5.41, 5.74) is 11.2. The third-order valence-electron chi connectivity index (χ3n) is 4.14. The number of carbonyl (C=O) groups excluding carboxylic acids is 1. The lowest BCUT2D eigenvalue weighted by molar-refractivity contribution is -0.143. The quantitative estimate of drug-likeness (QED) is 0.775. The Bertz CT molecular complexity index is 741. The van der Waals surface area contributed by atoms with Crippen LogP contribution < -0.4 is 5.73 Å².